The fraction of sp³-hybridized carbons (Fsp3) is 0.100. The first kappa shape index (κ1) is 16.9. The third kappa shape index (κ3) is 3.04. The first-order valence-electron chi connectivity index (χ1n) is 8.07. The molecule has 1 aliphatic heterocycles. The molecule has 2 aromatic carbocycles. The minimum atomic E-state index is -0.255. The van der Waals surface area contributed by atoms with Crippen molar-refractivity contribution in [1.29, 1.82) is 0 Å². The van der Waals surface area contributed by atoms with Gasteiger partial charge in [0.2, 0.25) is 0 Å². The van der Waals surface area contributed by atoms with Crippen molar-refractivity contribution in [2.75, 3.05) is 7.05 Å². The lowest BCUT2D eigenvalue weighted by Crippen LogP contribution is -2.22. The molecule has 26 heavy (non-hydrogen) atoms. The summed E-state index contributed by atoms with van der Waals surface area (Å²) in [5.74, 6) is -0.255. The highest BCUT2D eigenvalue weighted by atomic mass is 35.5. The summed E-state index contributed by atoms with van der Waals surface area (Å²) >= 11 is 6.94. The lowest BCUT2D eigenvalue weighted by atomic mass is 10.1. The third-order valence-corrected chi connectivity index (χ3v) is 5.57. The van der Waals surface area contributed by atoms with E-state index in [0.29, 0.717) is 16.5 Å². The number of hydrogen-bond donors (Lipinski definition) is 0. The first-order valence-corrected chi connectivity index (χ1v) is 9.26. The molecule has 0 aliphatic carbocycles. The molecule has 0 N–H and O–H groups in total. The van der Waals surface area contributed by atoms with Gasteiger partial charge in [-0.25, -0.2) is 0 Å². The smallest absolute Gasteiger partial charge is 0.293 e. The van der Waals surface area contributed by atoms with Crippen LogP contribution in [0.3, 0.4) is 0 Å². The Bertz CT molecular complexity index is 1050. The van der Waals surface area contributed by atoms with Crippen molar-refractivity contribution in [1.82, 2.24) is 9.47 Å². The van der Waals surface area contributed by atoms with Crippen LogP contribution in [0.5, 0.6) is 0 Å². The summed E-state index contributed by atoms with van der Waals surface area (Å²) in [6.07, 6.45) is 3.82. The van der Waals surface area contributed by atoms with Gasteiger partial charge in [0.05, 0.1) is 4.91 Å². The number of thioether (sulfide) groups is 1. The van der Waals surface area contributed by atoms with E-state index in [1.54, 1.807) is 6.08 Å². The minimum Gasteiger partial charge on any atom is -0.342 e. The number of halogens is 1. The Morgan fingerprint density at radius 1 is 1.08 bits per heavy atom. The maximum atomic E-state index is 12.2. The molecule has 0 spiro atoms. The second kappa shape index (κ2) is 6.67. The summed E-state index contributed by atoms with van der Waals surface area (Å²) in [6.45, 7) is 0.695. The Morgan fingerprint density at radius 2 is 1.81 bits per heavy atom. The standard InChI is InChI=1S/C20H15ClN2O2S/c1-22-19(24)18(26-20(22)25)10-14-12-23(17-5-3-2-4-16(14)17)11-13-6-8-15(21)9-7-13/h2-10,12H,11H2,1H3/b18-10-. The van der Waals surface area contributed by atoms with Gasteiger partial charge < -0.3 is 4.57 Å². The Kier molecular flexibility index (Phi) is 4.34. The predicted octanol–water partition coefficient (Wildman–Crippen LogP) is 5.01. The Balaban J connectivity index is 1.76. The van der Waals surface area contributed by atoms with Crippen LogP contribution in [0, 0.1) is 0 Å². The van der Waals surface area contributed by atoms with E-state index in [1.165, 1.54) is 7.05 Å². The van der Waals surface area contributed by atoms with Crippen LogP contribution in [-0.4, -0.2) is 27.7 Å². The zero-order valence-electron chi connectivity index (χ0n) is 14.0. The van der Waals surface area contributed by atoms with Crippen LogP contribution in [0.25, 0.3) is 17.0 Å². The van der Waals surface area contributed by atoms with Crippen LogP contribution in [0.2, 0.25) is 5.02 Å². The van der Waals surface area contributed by atoms with E-state index < -0.39 is 0 Å². The van der Waals surface area contributed by atoms with E-state index in [9.17, 15) is 9.59 Å². The molecule has 1 saturated heterocycles. The molecule has 4 rings (SSSR count). The van der Waals surface area contributed by atoms with Crippen molar-refractivity contribution in [3.8, 4) is 0 Å². The average molecular weight is 383 g/mol. The number of carbonyl (C=O) groups excluding carboxylic acids is 2. The van der Waals surface area contributed by atoms with Crippen LogP contribution in [0.15, 0.2) is 59.6 Å². The molecule has 3 aromatic rings. The molecule has 1 fully saturated rings. The van der Waals surface area contributed by atoms with Gasteiger partial charge in [-0.2, -0.15) is 0 Å². The molecule has 6 heteroatoms. The number of fused-ring (bicyclic) bond motifs is 1. The molecule has 2 heterocycles. The van der Waals surface area contributed by atoms with Gasteiger partial charge in [0.25, 0.3) is 11.1 Å². The second-order valence-corrected chi connectivity index (χ2v) is 7.53. The fourth-order valence-corrected chi connectivity index (χ4v) is 3.94. The molecule has 0 bridgehead atoms. The molecular formula is C20H15ClN2O2S. The maximum Gasteiger partial charge on any atom is 0.293 e. The molecular weight excluding hydrogens is 368 g/mol. The van der Waals surface area contributed by atoms with Crippen LogP contribution in [-0.2, 0) is 11.3 Å². The minimum absolute atomic E-state index is 0.244. The normalized spacial score (nSPS) is 16.2. The van der Waals surface area contributed by atoms with Crippen LogP contribution < -0.4 is 0 Å². The fourth-order valence-electron chi connectivity index (χ4n) is 2.99. The number of imide groups is 1. The highest BCUT2D eigenvalue weighted by molar-refractivity contribution is 8.18. The van der Waals surface area contributed by atoms with Crippen LogP contribution in [0.1, 0.15) is 11.1 Å². The van der Waals surface area contributed by atoms with Crippen LogP contribution >= 0.6 is 23.4 Å². The number of rotatable bonds is 3. The summed E-state index contributed by atoms with van der Waals surface area (Å²) in [4.78, 5) is 25.5. The van der Waals surface area contributed by atoms with Gasteiger partial charge in [0, 0.05) is 41.3 Å². The summed E-state index contributed by atoms with van der Waals surface area (Å²) in [5, 5.41) is 1.51. The van der Waals surface area contributed by atoms with E-state index in [4.69, 9.17) is 11.6 Å². The summed E-state index contributed by atoms with van der Waals surface area (Å²) in [7, 11) is 1.50. The Morgan fingerprint density at radius 3 is 2.50 bits per heavy atom. The summed E-state index contributed by atoms with van der Waals surface area (Å²) < 4.78 is 2.14. The SMILES string of the molecule is CN1C(=O)S/C(=C\c2cn(Cc3ccc(Cl)cc3)c3ccccc23)C1=O. The molecule has 0 radical (unpaired) electrons. The summed E-state index contributed by atoms with van der Waals surface area (Å²) in [5.41, 5.74) is 3.13. The van der Waals surface area contributed by atoms with Gasteiger partial charge in [-0.3, -0.25) is 14.5 Å². The number of hydrogen-bond acceptors (Lipinski definition) is 3. The largest absolute Gasteiger partial charge is 0.342 e. The molecule has 130 valence electrons. The molecule has 0 atom stereocenters. The molecule has 0 unspecified atom stereocenters. The average Bonchev–Trinajstić information content (AvgIpc) is 3.10. The van der Waals surface area contributed by atoms with E-state index >= 15 is 0 Å². The van der Waals surface area contributed by atoms with Crippen molar-refractivity contribution in [2.24, 2.45) is 0 Å². The van der Waals surface area contributed by atoms with Gasteiger partial charge in [0.15, 0.2) is 0 Å². The van der Waals surface area contributed by atoms with Crippen molar-refractivity contribution >= 4 is 51.5 Å². The van der Waals surface area contributed by atoms with Gasteiger partial charge in [-0.1, -0.05) is 41.9 Å². The molecule has 1 aromatic heterocycles. The van der Waals surface area contributed by atoms with Gasteiger partial charge in [-0.05, 0) is 41.6 Å². The lowest BCUT2D eigenvalue weighted by molar-refractivity contribution is -0.121. The van der Waals surface area contributed by atoms with Crippen molar-refractivity contribution < 1.29 is 9.59 Å². The predicted molar refractivity (Wildman–Crippen MR) is 106 cm³/mol. The summed E-state index contributed by atoms with van der Waals surface area (Å²) in [6, 6.07) is 15.8. The Labute approximate surface area is 160 Å². The molecule has 0 saturated carbocycles. The quantitative estimate of drug-likeness (QED) is 0.598. The van der Waals surface area contributed by atoms with Gasteiger partial charge in [0.1, 0.15) is 0 Å². The highest BCUT2D eigenvalue weighted by Crippen LogP contribution is 2.33. The van der Waals surface area contributed by atoms with E-state index in [1.807, 2.05) is 54.7 Å². The van der Waals surface area contributed by atoms with Crippen molar-refractivity contribution in [3.63, 3.8) is 0 Å². The zero-order chi connectivity index (χ0) is 18.3. The van der Waals surface area contributed by atoms with E-state index in [0.717, 1.165) is 38.7 Å². The number of aromatic nitrogens is 1. The number of para-hydroxylation sites is 1. The third-order valence-electron chi connectivity index (χ3n) is 4.36. The second-order valence-electron chi connectivity index (χ2n) is 6.10. The van der Waals surface area contributed by atoms with E-state index in [-0.39, 0.29) is 11.1 Å². The molecule has 4 nitrogen and oxygen atoms in total. The molecule has 1 aliphatic rings. The van der Waals surface area contributed by atoms with Gasteiger partial charge >= 0.3 is 0 Å². The number of nitrogens with zero attached hydrogens (tertiary/aromatic N) is 2. The monoisotopic (exact) mass is 382 g/mol. The zero-order valence-corrected chi connectivity index (χ0v) is 15.6. The lowest BCUT2D eigenvalue weighted by Gasteiger charge is -2.05. The number of likely N-dealkylation sites (N-methyl/N-ethyl adjacent to an activating group) is 1. The topological polar surface area (TPSA) is 42.3 Å². The van der Waals surface area contributed by atoms with Crippen molar-refractivity contribution in [3.05, 3.63) is 75.8 Å². The van der Waals surface area contributed by atoms with Crippen LogP contribution in [0.4, 0.5) is 4.79 Å². The van der Waals surface area contributed by atoms with Crippen molar-refractivity contribution in [2.45, 2.75) is 6.54 Å². The van der Waals surface area contributed by atoms with E-state index in [2.05, 4.69) is 4.57 Å². The number of benzene rings is 2. The number of carbonyl (C=O) groups is 2. The highest BCUT2D eigenvalue weighted by Gasteiger charge is 2.32. The molecule has 2 amide bonds. The first-order chi connectivity index (χ1) is 12.5. The van der Waals surface area contributed by atoms with Gasteiger partial charge in [-0.15, -0.1) is 0 Å². The number of amides is 2. The maximum absolute atomic E-state index is 12.2. The Hall–Kier alpha value is -2.50.